The molecule has 0 saturated heterocycles. The molecule has 1 aromatic carbocycles. The van der Waals surface area contributed by atoms with Crippen LogP contribution in [0.2, 0.25) is 0 Å². The van der Waals surface area contributed by atoms with Gasteiger partial charge in [-0.1, -0.05) is 12.1 Å². The van der Waals surface area contributed by atoms with Crippen LogP contribution in [0.3, 0.4) is 0 Å². The summed E-state index contributed by atoms with van der Waals surface area (Å²) in [6, 6.07) is 5.85. The van der Waals surface area contributed by atoms with Crippen LogP contribution < -0.4 is 0 Å². The van der Waals surface area contributed by atoms with E-state index in [0.717, 1.165) is 0 Å². The smallest absolute Gasteiger partial charge is 0.336 e. The van der Waals surface area contributed by atoms with Crippen molar-refractivity contribution in [1.29, 1.82) is 0 Å². The highest BCUT2D eigenvalue weighted by Gasteiger charge is 2.42. The second-order valence-electron chi connectivity index (χ2n) is 5.80. The molecular weight excluding hydrogens is 340 g/mol. The summed E-state index contributed by atoms with van der Waals surface area (Å²) < 4.78 is 10.0. The van der Waals surface area contributed by atoms with Crippen molar-refractivity contribution in [2.45, 2.75) is 26.7 Å². The largest absolute Gasteiger partial charge is 0.466 e. The number of esters is 2. The lowest BCUT2D eigenvalue weighted by Gasteiger charge is -2.31. The minimum atomic E-state index is -0.866. The van der Waals surface area contributed by atoms with E-state index >= 15 is 0 Å². The van der Waals surface area contributed by atoms with Crippen molar-refractivity contribution < 1.29 is 24.0 Å². The van der Waals surface area contributed by atoms with Crippen molar-refractivity contribution in [3.05, 3.63) is 51.2 Å². The fourth-order valence-electron chi connectivity index (χ4n) is 3.14. The summed E-state index contributed by atoms with van der Waals surface area (Å²) >= 11 is 0. The number of ether oxygens (including phenoxy) is 2. The van der Waals surface area contributed by atoms with Gasteiger partial charge in [-0.05, 0) is 26.3 Å². The lowest BCUT2D eigenvalue weighted by molar-refractivity contribution is -0.384. The molecule has 0 fully saturated rings. The first kappa shape index (κ1) is 19.3. The van der Waals surface area contributed by atoms with E-state index in [-0.39, 0.29) is 17.9 Å². The highest BCUT2D eigenvalue weighted by molar-refractivity contribution is 6.07. The molecule has 0 aromatic heterocycles. The summed E-state index contributed by atoms with van der Waals surface area (Å²) in [5, 5.41) is 11.1. The first-order valence-electron chi connectivity index (χ1n) is 8.07. The number of non-ortho nitro benzene ring substituents is 1. The zero-order valence-electron chi connectivity index (χ0n) is 15.0. The first-order chi connectivity index (χ1) is 12.3. The number of benzene rings is 1. The third-order valence-electron chi connectivity index (χ3n) is 4.21. The Balaban J connectivity index is 2.68. The summed E-state index contributed by atoms with van der Waals surface area (Å²) in [5.41, 5.74) is 1.39. The summed E-state index contributed by atoms with van der Waals surface area (Å²) in [5.74, 6) is -2.82. The predicted octanol–water partition coefficient (Wildman–Crippen LogP) is 2.78. The molecule has 0 saturated carbocycles. The fourth-order valence-corrected chi connectivity index (χ4v) is 3.14. The van der Waals surface area contributed by atoms with Gasteiger partial charge < -0.3 is 9.47 Å². The predicted molar refractivity (Wildman–Crippen MR) is 93.8 cm³/mol. The lowest BCUT2D eigenvalue weighted by Crippen LogP contribution is -2.36. The Hall–Kier alpha value is -3.03. The molecule has 1 heterocycles. The summed E-state index contributed by atoms with van der Waals surface area (Å²) in [6.45, 7) is 5.16. The highest BCUT2D eigenvalue weighted by atomic mass is 16.6. The molecule has 1 aliphatic heterocycles. The SMILES string of the molecule is CCOC(=O)C1C(C)=NC(C)=C(C(=O)OC)[C@@H]1c1cccc([N+](=O)[O-])c1. The maximum Gasteiger partial charge on any atom is 0.336 e. The van der Waals surface area contributed by atoms with E-state index in [1.807, 2.05) is 0 Å². The number of methoxy groups -OCH3 is 1. The first-order valence-corrected chi connectivity index (χ1v) is 8.07. The van der Waals surface area contributed by atoms with Gasteiger partial charge in [0, 0.05) is 29.5 Å². The lowest BCUT2D eigenvalue weighted by atomic mass is 9.75. The number of nitro groups is 1. The molecule has 2 atom stereocenters. The minimum Gasteiger partial charge on any atom is -0.466 e. The molecule has 0 bridgehead atoms. The number of hydrogen-bond donors (Lipinski definition) is 0. The molecule has 1 aliphatic rings. The minimum absolute atomic E-state index is 0.132. The molecule has 8 heteroatoms. The molecule has 0 radical (unpaired) electrons. The second-order valence-corrected chi connectivity index (χ2v) is 5.80. The molecule has 26 heavy (non-hydrogen) atoms. The van der Waals surface area contributed by atoms with Crippen molar-refractivity contribution in [3.63, 3.8) is 0 Å². The topological polar surface area (TPSA) is 108 Å². The Kier molecular flexibility index (Phi) is 5.86. The van der Waals surface area contributed by atoms with E-state index in [9.17, 15) is 19.7 Å². The molecule has 0 aliphatic carbocycles. The van der Waals surface area contributed by atoms with Gasteiger partial charge in [-0.15, -0.1) is 0 Å². The Morgan fingerprint density at radius 1 is 1.31 bits per heavy atom. The van der Waals surface area contributed by atoms with Gasteiger partial charge in [-0.2, -0.15) is 0 Å². The Morgan fingerprint density at radius 2 is 2.00 bits per heavy atom. The quantitative estimate of drug-likeness (QED) is 0.454. The van der Waals surface area contributed by atoms with Crippen LogP contribution in [0.25, 0.3) is 0 Å². The Morgan fingerprint density at radius 3 is 2.58 bits per heavy atom. The monoisotopic (exact) mass is 360 g/mol. The molecule has 138 valence electrons. The molecule has 1 aromatic rings. The van der Waals surface area contributed by atoms with Gasteiger partial charge in [0.15, 0.2) is 0 Å². The van der Waals surface area contributed by atoms with Crippen LogP contribution in [-0.2, 0) is 19.1 Å². The third kappa shape index (κ3) is 3.63. The zero-order valence-corrected chi connectivity index (χ0v) is 15.0. The van der Waals surface area contributed by atoms with Crippen molar-refractivity contribution in [2.24, 2.45) is 10.9 Å². The molecule has 1 unspecified atom stereocenters. The second kappa shape index (κ2) is 7.90. The molecule has 0 N–H and O–H groups in total. The maximum absolute atomic E-state index is 12.6. The number of rotatable bonds is 5. The van der Waals surface area contributed by atoms with Crippen LogP contribution in [0, 0.1) is 16.0 Å². The molecule has 0 spiro atoms. The highest BCUT2D eigenvalue weighted by Crippen LogP contribution is 2.40. The van der Waals surface area contributed by atoms with Crippen LogP contribution >= 0.6 is 0 Å². The van der Waals surface area contributed by atoms with Gasteiger partial charge in [0.05, 0.1) is 24.2 Å². The maximum atomic E-state index is 12.6. The van der Waals surface area contributed by atoms with Crippen LogP contribution in [0.4, 0.5) is 5.69 Å². The van der Waals surface area contributed by atoms with Crippen LogP contribution in [0.1, 0.15) is 32.3 Å². The van der Waals surface area contributed by atoms with E-state index in [0.29, 0.717) is 17.0 Å². The van der Waals surface area contributed by atoms with Crippen LogP contribution in [-0.4, -0.2) is 36.3 Å². The van der Waals surface area contributed by atoms with Gasteiger partial charge in [-0.3, -0.25) is 19.9 Å². The normalized spacial score (nSPS) is 19.6. The molecule has 2 rings (SSSR count). The van der Waals surface area contributed by atoms with Gasteiger partial charge in [0.25, 0.3) is 5.69 Å². The van der Waals surface area contributed by atoms with Crippen molar-refractivity contribution >= 4 is 23.3 Å². The summed E-state index contributed by atoms with van der Waals surface area (Å²) in [6.07, 6.45) is 0. The third-order valence-corrected chi connectivity index (χ3v) is 4.21. The van der Waals surface area contributed by atoms with E-state index in [1.165, 1.54) is 25.3 Å². The number of nitrogens with zero attached hydrogens (tertiary/aromatic N) is 2. The van der Waals surface area contributed by atoms with Crippen LogP contribution in [0.5, 0.6) is 0 Å². The van der Waals surface area contributed by atoms with E-state index in [4.69, 9.17) is 9.47 Å². The summed E-state index contributed by atoms with van der Waals surface area (Å²) in [7, 11) is 1.23. The fraction of sp³-hybridized carbons (Fsp3) is 0.389. The van der Waals surface area contributed by atoms with Gasteiger partial charge in [0.1, 0.15) is 5.92 Å². The van der Waals surface area contributed by atoms with E-state index in [2.05, 4.69) is 4.99 Å². The molecular formula is C18H20N2O6. The van der Waals surface area contributed by atoms with Gasteiger partial charge in [0.2, 0.25) is 0 Å². The Labute approximate surface area is 150 Å². The molecule has 8 nitrogen and oxygen atoms in total. The standard InChI is InChI=1S/C18H20N2O6/c1-5-26-18(22)15-11(3)19-10(2)14(17(21)25-4)16(15)12-7-6-8-13(9-12)20(23)24/h6-9,15-16H,5H2,1-4H3/t15?,16-/m0/s1. The van der Waals surface area contributed by atoms with Crippen molar-refractivity contribution in [2.75, 3.05) is 13.7 Å². The van der Waals surface area contributed by atoms with Crippen molar-refractivity contribution in [1.82, 2.24) is 0 Å². The zero-order chi connectivity index (χ0) is 19.4. The van der Waals surface area contributed by atoms with Crippen LogP contribution in [0.15, 0.2) is 40.5 Å². The van der Waals surface area contributed by atoms with Gasteiger partial charge in [-0.25, -0.2) is 4.79 Å². The van der Waals surface area contributed by atoms with Gasteiger partial charge >= 0.3 is 11.9 Å². The number of hydrogen-bond acceptors (Lipinski definition) is 7. The number of allylic oxidation sites excluding steroid dienone is 1. The number of carbonyl (C=O) groups excluding carboxylic acids is 2. The molecule has 0 amide bonds. The average molecular weight is 360 g/mol. The number of nitro benzene ring substituents is 1. The van der Waals surface area contributed by atoms with Crippen molar-refractivity contribution in [3.8, 4) is 0 Å². The number of aliphatic imine (C=N–C) groups is 1. The summed E-state index contributed by atoms with van der Waals surface area (Å²) in [4.78, 5) is 39.9. The van der Waals surface area contributed by atoms with E-state index < -0.39 is 28.7 Å². The number of carbonyl (C=O) groups is 2. The average Bonchev–Trinajstić information content (AvgIpc) is 2.60. The Bertz CT molecular complexity index is 812. The van der Waals surface area contributed by atoms with E-state index in [1.54, 1.807) is 26.8 Å².